The maximum absolute atomic E-state index is 13.7. The van der Waals surface area contributed by atoms with Crippen molar-refractivity contribution in [2.75, 3.05) is 20.1 Å². The first-order valence-electron chi connectivity index (χ1n) is 8.57. The minimum absolute atomic E-state index is 0.196. The normalized spacial score (nSPS) is 15.6. The number of amides is 2. The van der Waals surface area contributed by atoms with Crippen molar-refractivity contribution in [2.45, 2.75) is 12.6 Å². The molecule has 0 saturated carbocycles. The number of aromatic hydroxyl groups is 1. The highest BCUT2D eigenvalue weighted by Crippen LogP contribution is 2.22. The molecule has 8 nitrogen and oxygen atoms in total. The lowest BCUT2D eigenvalue weighted by atomic mass is 10.1. The van der Waals surface area contributed by atoms with E-state index in [1.54, 1.807) is 7.05 Å². The van der Waals surface area contributed by atoms with Crippen molar-refractivity contribution in [3.05, 3.63) is 62.8 Å². The number of hydrogen-bond donors (Lipinski definition) is 4. The van der Waals surface area contributed by atoms with Crippen LogP contribution in [0.5, 0.6) is 5.75 Å². The van der Waals surface area contributed by atoms with E-state index in [2.05, 4.69) is 16.0 Å². The van der Waals surface area contributed by atoms with Crippen LogP contribution < -0.4 is 21.4 Å². The Morgan fingerprint density at radius 1 is 1.28 bits per heavy atom. The topological polar surface area (TPSA) is 112 Å². The Hall–Kier alpha value is -3.34. The molecule has 1 aliphatic rings. The predicted molar refractivity (Wildman–Crippen MR) is 95.1 cm³/mol. The molecule has 29 heavy (non-hydrogen) atoms. The molecule has 1 atom stereocenters. The molecule has 154 valence electrons. The van der Waals surface area contributed by atoms with Crippen molar-refractivity contribution in [3.63, 3.8) is 0 Å². The molecule has 0 radical (unpaired) electrons. The Balaban J connectivity index is 1.94. The van der Waals surface area contributed by atoms with Crippen molar-refractivity contribution < 1.29 is 27.9 Å². The van der Waals surface area contributed by atoms with Gasteiger partial charge in [-0.2, -0.15) is 0 Å². The second-order valence-electron chi connectivity index (χ2n) is 6.43. The number of aromatic nitrogens is 1. The first-order valence-corrected chi connectivity index (χ1v) is 8.57. The molecule has 0 aliphatic carbocycles. The zero-order valence-electron chi connectivity index (χ0n) is 15.2. The number of likely N-dealkylation sites (N-methyl/N-ethyl adjacent to an activating group) is 1. The van der Waals surface area contributed by atoms with Crippen LogP contribution in [0.15, 0.2) is 23.1 Å². The van der Waals surface area contributed by atoms with Gasteiger partial charge in [0.2, 0.25) is 5.43 Å². The monoisotopic (exact) mass is 410 g/mol. The van der Waals surface area contributed by atoms with Gasteiger partial charge in [0.25, 0.3) is 11.8 Å². The fourth-order valence-electron chi connectivity index (χ4n) is 3.10. The van der Waals surface area contributed by atoms with Gasteiger partial charge in [0.05, 0.1) is 6.04 Å². The number of hydrogen-bond acceptors (Lipinski definition) is 5. The van der Waals surface area contributed by atoms with Gasteiger partial charge in [-0.1, -0.05) is 0 Å². The maximum atomic E-state index is 13.7. The Bertz CT molecular complexity index is 1030. The summed E-state index contributed by atoms with van der Waals surface area (Å²) in [6, 6.07) is 0.536. The van der Waals surface area contributed by atoms with Crippen LogP contribution in [-0.4, -0.2) is 41.6 Å². The van der Waals surface area contributed by atoms with Crippen LogP contribution in [0.25, 0.3) is 0 Å². The third kappa shape index (κ3) is 3.81. The van der Waals surface area contributed by atoms with E-state index in [-0.39, 0.29) is 12.2 Å². The summed E-state index contributed by atoms with van der Waals surface area (Å²) in [6.07, 6.45) is 1.12. The van der Waals surface area contributed by atoms with E-state index in [4.69, 9.17) is 0 Å². The third-order valence-electron chi connectivity index (χ3n) is 4.53. The van der Waals surface area contributed by atoms with Gasteiger partial charge in [-0.15, -0.1) is 0 Å². The van der Waals surface area contributed by atoms with Gasteiger partial charge in [0, 0.05) is 43.5 Å². The molecular formula is C18H17F3N4O4. The zero-order chi connectivity index (χ0) is 21.3. The highest BCUT2D eigenvalue weighted by Gasteiger charge is 2.30. The third-order valence-corrected chi connectivity index (χ3v) is 4.53. The fourth-order valence-corrected chi connectivity index (χ4v) is 3.10. The fraction of sp³-hybridized carbons (Fsp3) is 0.278. The molecule has 0 spiro atoms. The number of nitrogens with one attached hydrogen (secondary N) is 3. The number of rotatable bonds is 5. The summed E-state index contributed by atoms with van der Waals surface area (Å²) in [5.74, 6) is -6.10. The van der Waals surface area contributed by atoms with E-state index in [1.165, 1.54) is 4.57 Å². The average molecular weight is 410 g/mol. The van der Waals surface area contributed by atoms with Crippen LogP contribution in [0.2, 0.25) is 0 Å². The van der Waals surface area contributed by atoms with Crippen molar-refractivity contribution >= 4 is 11.8 Å². The Kier molecular flexibility index (Phi) is 5.59. The molecule has 0 unspecified atom stereocenters. The number of benzene rings is 1. The minimum atomic E-state index is -1.20. The smallest absolute Gasteiger partial charge is 0.272 e. The van der Waals surface area contributed by atoms with Gasteiger partial charge in [-0.05, 0) is 7.05 Å². The van der Waals surface area contributed by atoms with Gasteiger partial charge in [0.15, 0.2) is 11.4 Å². The molecule has 2 amide bonds. The lowest BCUT2D eigenvalue weighted by molar-refractivity contribution is 0.0899. The molecule has 11 heteroatoms. The first kappa shape index (κ1) is 20.4. The quantitative estimate of drug-likeness (QED) is 0.570. The average Bonchev–Trinajstić information content (AvgIpc) is 2.65. The number of pyridine rings is 1. The van der Waals surface area contributed by atoms with Crippen molar-refractivity contribution in [3.8, 4) is 5.75 Å². The number of nitrogens with zero attached hydrogens (tertiary/aromatic N) is 1. The predicted octanol–water partition coefficient (Wildman–Crippen LogP) is 0.405. The van der Waals surface area contributed by atoms with E-state index >= 15 is 0 Å². The van der Waals surface area contributed by atoms with Gasteiger partial charge in [0.1, 0.15) is 23.0 Å². The zero-order valence-corrected chi connectivity index (χ0v) is 15.2. The maximum Gasteiger partial charge on any atom is 0.272 e. The van der Waals surface area contributed by atoms with E-state index in [9.17, 15) is 32.7 Å². The lowest BCUT2D eigenvalue weighted by Gasteiger charge is -2.29. The van der Waals surface area contributed by atoms with E-state index in [1.807, 2.05) is 0 Å². The SMILES string of the molecule is CNC[C@H]1CNC(=O)c2c(O)c(=O)c(C(=O)NCc3c(F)cc(F)cc3F)cn21. The van der Waals surface area contributed by atoms with Crippen molar-refractivity contribution in [2.24, 2.45) is 0 Å². The summed E-state index contributed by atoms with van der Waals surface area (Å²) in [7, 11) is 1.66. The highest BCUT2D eigenvalue weighted by molar-refractivity contribution is 5.99. The highest BCUT2D eigenvalue weighted by atomic mass is 19.1. The van der Waals surface area contributed by atoms with E-state index < -0.39 is 64.2 Å². The number of carbonyl (C=O) groups is 2. The lowest BCUT2D eigenvalue weighted by Crippen LogP contribution is -2.44. The largest absolute Gasteiger partial charge is 0.503 e. The summed E-state index contributed by atoms with van der Waals surface area (Å²) >= 11 is 0. The van der Waals surface area contributed by atoms with Crippen LogP contribution in [-0.2, 0) is 6.54 Å². The van der Waals surface area contributed by atoms with Gasteiger partial charge in [-0.25, -0.2) is 13.2 Å². The summed E-state index contributed by atoms with van der Waals surface area (Å²) in [4.78, 5) is 36.8. The Labute approximate surface area is 162 Å². The number of carbonyl (C=O) groups excluding carboxylic acids is 2. The van der Waals surface area contributed by atoms with E-state index in [0.29, 0.717) is 18.7 Å². The summed E-state index contributed by atoms with van der Waals surface area (Å²) in [5, 5.41) is 17.8. The molecule has 4 N–H and O–H groups in total. The summed E-state index contributed by atoms with van der Waals surface area (Å²) in [5.41, 5.74) is -2.48. The molecular weight excluding hydrogens is 393 g/mol. The number of fused-ring (bicyclic) bond motifs is 1. The number of halogens is 3. The molecule has 0 saturated heterocycles. The van der Waals surface area contributed by atoms with E-state index in [0.717, 1.165) is 6.20 Å². The molecule has 0 fully saturated rings. The van der Waals surface area contributed by atoms with Crippen molar-refractivity contribution in [1.29, 1.82) is 0 Å². The van der Waals surface area contributed by atoms with Crippen LogP contribution in [0.4, 0.5) is 13.2 Å². The molecule has 1 aromatic carbocycles. The van der Waals surface area contributed by atoms with Crippen LogP contribution in [0, 0.1) is 17.5 Å². The van der Waals surface area contributed by atoms with Gasteiger partial charge < -0.3 is 25.6 Å². The van der Waals surface area contributed by atoms with Gasteiger partial charge >= 0.3 is 0 Å². The van der Waals surface area contributed by atoms with Crippen LogP contribution in [0.1, 0.15) is 32.5 Å². The molecule has 1 aromatic heterocycles. The molecule has 0 bridgehead atoms. The second kappa shape index (κ2) is 7.95. The Morgan fingerprint density at radius 2 is 1.93 bits per heavy atom. The minimum Gasteiger partial charge on any atom is -0.503 e. The first-order chi connectivity index (χ1) is 13.7. The molecule has 2 aromatic rings. The molecule has 3 rings (SSSR count). The van der Waals surface area contributed by atoms with Crippen molar-refractivity contribution in [1.82, 2.24) is 20.5 Å². The second-order valence-corrected chi connectivity index (χ2v) is 6.43. The summed E-state index contributed by atoms with van der Waals surface area (Å²) in [6.45, 7) is -0.0934. The summed E-state index contributed by atoms with van der Waals surface area (Å²) < 4.78 is 41.7. The van der Waals surface area contributed by atoms with Gasteiger partial charge in [-0.3, -0.25) is 14.4 Å². The standard InChI is InChI=1S/C18H17F3N4O4/c1-22-4-9-5-23-18(29)14-16(27)15(26)11(7-25(9)14)17(28)24-6-10-12(20)2-8(19)3-13(10)21/h2-3,7,9,22,27H,4-6H2,1H3,(H,23,29)(H,24,28)/t9-/m0/s1. The Morgan fingerprint density at radius 3 is 2.55 bits per heavy atom. The molecule has 1 aliphatic heterocycles. The van der Waals surface area contributed by atoms with Crippen LogP contribution in [0.3, 0.4) is 0 Å². The molecule has 2 heterocycles. The van der Waals surface area contributed by atoms with Crippen LogP contribution >= 0.6 is 0 Å².